The fourth-order valence-electron chi connectivity index (χ4n) is 1.46. The first-order valence-corrected chi connectivity index (χ1v) is 3.73. The lowest BCUT2D eigenvalue weighted by Gasteiger charge is -2.00. The van der Waals surface area contributed by atoms with E-state index >= 15 is 0 Å². The lowest BCUT2D eigenvalue weighted by atomic mass is 10.1. The van der Waals surface area contributed by atoms with Crippen molar-refractivity contribution in [2.24, 2.45) is 0 Å². The van der Waals surface area contributed by atoms with Crippen LogP contribution >= 0.6 is 0 Å². The molecule has 1 heterocycles. The number of anilines is 1. The molecule has 0 fully saturated rings. The summed E-state index contributed by atoms with van der Waals surface area (Å²) in [4.78, 5) is 10.5. The zero-order valence-electron chi connectivity index (χ0n) is 6.13. The van der Waals surface area contributed by atoms with Gasteiger partial charge in [-0.05, 0) is 18.1 Å². The minimum Gasteiger partial charge on any atom is -0.384 e. The largest absolute Gasteiger partial charge is 0.384 e. The molecule has 2 rings (SSSR count). The van der Waals surface area contributed by atoms with Gasteiger partial charge in [-0.25, -0.2) is 0 Å². The zero-order valence-corrected chi connectivity index (χ0v) is 6.13. The average Bonchev–Trinajstić information content (AvgIpc) is 2.50. The smallest absolute Gasteiger partial charge is 0.152 e. The van der Waals surface area contributed by atoms with Crippen molar-refractivity contribution in [2.75, 3.05) is 11.9 Å². The standard InChI is InChI=1S/C9H9NO/c11-6-8-3-1-2-7-4-5-10-9(7)8/h1-3,6,10H,4-5H2. The fourth-order valence-corrected chi connectivity index (χ4v) is 1.46. The Labute approximate surface area is 65.2 Å². The van der Waals surface area contributed by atoms with Gasteiger partial charge in [-0.1, -0.05) is 12.1 Å². The van der Waals surface area contributed by atoms with Crippen molar-refractivity contribution < 1.29 is 4.79 Å². The Balaban J connectivity index is 2.58. The summed E-state index contributed by atoms with van der Waals surface area (Å²) in [5, 5.41) is 3.19. The number of hydrogen-bond donors (Lipinski definition) is 1. The maximum absolute atomic E-state index is 10.5. The Morgan fingerprint density at radius 2 is 2.36 bits per heavy atom. The fraction of sp³-hybridized carbons (Fsp3) is 0.222. The molecule has 1 aromatic rings. The van der Waals surface area contributed by atoms with Crippen LogP contribution in [0.4, 0.5) is 5.69 Å². The van der Waals surface area contributed by atoms with E-state index in [0.717, 1.165) is 30.5 Å². The minimum atomic E-state index is 0.778. The third-order valence-corrected chi connectivity index (χ3v) is 2.01. The van der Waals surface area contributed by atoms with Gasteiger partial charge in [0.05, 0.1) is 0 Å². The molecule has 56 valence electrons. The van der Waals surface area contributed by atoms with Gasteiger partial charge in [0.1, 0.15) is 0 Å². The second-order valence-electron chi connectivity index (χ2n) is 2.68. The van der Waals surface area contributed by atoms with Crippen LogP contribution < -0.4 is 5.32 Å². The quantitative estimate of drug-likeness (QED) is 0.609. The summed E-state index contributed by atoms with van der Waals surface area (Å²) in [6, 6.07) is 5.82. The van der Waals surface area contributed by atoms with E-state index in [1.807, 2.05) is 12.1 Å². The summed E-state index contributed by atoms with van der Waals surface area (Å²) in [5.41, 5.74) is 3.07. The molecule has 0 saturated heterocycles. The molecule has 0 amide bonds. The molecule has 0 unspecified atom stereocenters. The number of benzene rings is 1. The summed E-state index contributed by atoms with van der Waals surface area (Å²) in [5.74, 6) is 0. The van der Waals surface area contributed by atoms with E-state index < -0.39 is 0 Å². The molecule has 0 spiro atoms. The summed E-state index contributed by atoms with van der Waals surface area (Å²) < 4.78 is 0. The highest BCUT2D eigenvalue weighted by molar-refractivity contribution is 5.86. The normalized spacial score (nSPS) is 13.8. The first-order chi connectivity index (χ1) is 5.42. The van der Waals surface area contributed by atoms with E-state index in [4.69, 9.17) is 0 Å². The highest BCUT2D eigenvalue weighted by Crippen LogP contribution is 2.24. The second kappa shape index (κ2) is 2.38. The first-order valence-electron chi connectivity index (χ1n) is 3.73. The zero-order chi connectivity index (χ0) is 7.68. The molecule has 0 bridgehead atoms. The average molecular weight is 147 g/mol. The minimum absolute atomic E-state index is 0.778. The number of para-hydroxylation sites is 1. The Morgan fingerprint density at radius 1 is 1.45 bits per heavy atom. The van der Waals surface area contributed by atoms with Crippen LogP contribution in [0.1, 0.15) is 15.9 Å². The van der Waals surface area contributed by atoms with Gasteiger partial charge < -0.3 is 5.32 Å². The monoisotopic (exact) mass is 147 g/mol. The van der Waals surface area contributed by atoms with E-state index in [1.54, 1.807) is 0 Å². The molecule has 1 N–H and O–H groups in total. The molecule has 1 aliphatic rings. The molecule has 0 aromatic heterocycles. The number of hydrogen-bond acceptors (Lipinski definition) is 2. The maximum Gasteiger partial charge on any atom is 0.152 e. The van der Waals surface area contributed by atoms with Crippen molar-refractivity contribution in [3.8, 4) is 0 Å². The molecule has 0 atom stereocenters. The van der Waals surface area contributed by atoms with Gasteiger partial charge in [-0.15, -0.1) is 0 Å². The Bertz CT molecular complexity index is 294. The van der Waals surface area contributed by atoms with Gasteiger partial charge in [0.15, 0.2) is 6.29 Å². The molecule has 2 nitrogen and oxygen atoms in total. The SMILES string of the molecule is O=Cc1cccc2c1NCC2. The van der Waals surface area contributed by atoms with Gasteiger partial charge in [-0.3, -0.25) is 4.79 Å². The topological polar surface area (TPSA) is 29.1 Å². The van der Waals surface area contributed by atoms with E-state index in [0.29, 0.717) is 0 Å². The summed E-state index contributed by atoms with van der Waals surface area (Å²) in [7, 11) is 0. The second-order valence-corrected chi connectivity index (χ2v) is 2.68. The predicted octanol–water partition coefficient (Wildman–Crippen LogP) is 1.47. The van der Waals surface area contributed by atoms with Gasteiger partial charge >= 0.3 is 0 Å². The number of rotatable bonds is 1. The van der Waals surface area contributed by atoms with Crippen LogP contribution in [0.3, 0.4) is 0 Å². The van der Waals surface area contributed by atoms with Crippen LogP contribution in [-0.2, 0) is 6.42 Å². The van der Waals surface area contributed by atoms with Crippen molar-refractivity contribution in [2.45, 2.75) is 6.42 Å². The van der Waals surface area contributed by atoms with E-state index in [9.17, 15) is 4.79 Å². The molecule has 1 aliphatic heterocycles. The first kappa shape index (κ1) is 6.40. The van der Waals surface area contributed by atoms with Gasteiger partial charge in [-0.2, -0.15) is 0 Å². The lowest BCUT2D eigenvalue weighted by Crippen LogP contribution is -1.94. The van der Waals surface area contributed by atoms with E-state index in [2.05, 4.69) is 11.4 Å². The molecular formula is C9H9NO. The summed E-state index contributed by atoms with van der Waals surface area (Å²) in [6.07, 6.45) is 1.94. The van der Waals surface area contributed by atoms with Crippen molar-refractivity contribution in [1.82, 2.24) is 0 Å². The van der Waals surface area contributed by atoms with Crippen LogP contribution in [0.15, 0.2) is 18.2 Å². The molecule has 11 heavy (non-hydrogen) atoms. The van der Waals surface area contributed by atoms with E-state index in [1.165, 1.54) is 5.56 Å². The van der Waals surface area contributed by atoms with Crippen molar-refractivity contribution in [3.63, 3.8) is 0 Å². The molecule has 0 aliphatic carbocycles. The Hall–Kier alpha value is -1.31. The number of carbonyl (C=O) groups is 1. The van der Waals surface area contributed by atoms with Crippen LogP contribution in [0.25, 0.3) is 0 Å². The van der Waals surface area contributed by atoms with Crippen LogP contribution in [0, 0.1) is 0 Å². The molecular weight excluding hydrogens is 138 g/mol. The van der Waals surface area contributed by atoms with Crippen molar-refractivity contribution in [3.05, 3.63) is 29.3 Å². The summed E-state index contributed by atoms with van der Waals surface area (Å²) >= 11 is 0. The third kappa shape index (κ3) is 0.909. The summed E-state index contributed by atoms with van der Waals surface area (Å²) in [6.45, 7) is 0.959. The number of carbonyl (C=O) groups excluding carboxylic acids is 1. The van der Waals surface area contributed by atoms with Crippen molar-refractivity contribution >= 4 is 12.0 Å². The van der Waals surface area contributed by atoms with Gasteiger partial charge in [0.2, 0.25) is 0 Å². The number of aldehydes is 1. The Kier molecular flexibility index (Phi) is 1.39. The Morgan fingerprint density at radius 3 is 3.18 bits per heavy atom. The highest BCUT2D eigenvalue weighted by atomic mass is 16.1. The highest BCUT2D eigenvalue weighted by Gasteiger charge is 2.11. The predicted molar refractivity (Wildman–Crippen MR) is 44.0 cm³/mol. The van der Waals surface area contributed by atoms with E-state index in [-0.39, 0.29) is 0 Å². The maximum atomic E-state index is 10.5. The molecule has 2 heteroatoms. The molecule has 0 radical (unpaired) electrons. The van der Waals surface area contributed by atoms with Gasteiger partial charge in [0, 0.05) is 17.8 Å². The van der Waals surface area contributed by atoms with Gasteiger partial charge in [0.25, 0.3) is 0 Å². The van der Waals surface area contributed by atoms with Crippen molar-refractivity contribution in [1.29, 1.82) is 0 Å². The lowest BCUT2D eigenvalue weighted by molar-refractivity contribution is 0.112. The molecule has 0 saturated carbocycles. The molecule has 1 aromatic carbocycles. The van der Waals surface area contributed by atoms with Crippen LogP contribution in [0.5, 0.6) is 0 Å². The van der Waals surface area contributed by atoms with Crippen LogP contribution in [0.2, 0.25) is 0 Å². The number of nitrogens with one attached hydrogen (secondary N) is 1. The number of fused-ring (bicyclic) bond motifs is 1. The third-order valence-electron chi connectivity index (χ3n) is 2.01. The van der Waals surface area contributed by atoms with Crippen LogP contribution in [-0.4, -0.2) is 12.8 Å².